The fraction of sp³-hybridized carbons (Fsp3) is 0.375. The van der Waals surface area contributed by atoms with Gasteiger partial charge in [0, 0.05) is 24.9 Å². The average Bonchev–Trinajstić information content (AvgIpc) is 3.07. The van der Waals surface area contributed by atoms with Gasteiger partial charge in [0.05, 0.1) is 33.2 Å². The molecule has 0 bridgehead atoms. The molecule has 1 N–H and O–H groups in total. The lowest BCUT2D eigenvalue weighted by Crippen LogP contribution is -2.37. The molecule has 1 amide bonds. The van der Waals surface area contributed by atoms with Crippen LogP contribution < -0.4 is 9.62 Å². The first kappa shape index (κ1) is 18.2. The SMILES string of the molecule is O=C(NCCc1cscn1)c1ccc(N2CCCCS2(=O)=O)cc1Cl. The van der Waals surface area contributed by atoms with Crippen molar-refractivity contribution in [3.63, 3.8) is 0 Å². The van der Waals surface area contributed by atoms with Crippen molar-refractivity contribution in [2.45, 2.75) is 19.3 Å². The van der Waals surface area contributed by atoms with Crippen molar-refractivity contribution in [3.05, 3.63) is 45.4 Å². The summed E-state index contributed by atoms with van der Waals surface area (Å²) in [6.07, 6.45) is 2.14. The number of nitrogens with zero attached hydrogens (tertiary/aromatic N) is 2. The number of aromatic nitrogens is 1. The Morgan fingerprint density at radius 1 is 1.36 bits per heavy atom. The molecule has 0 saturated carbocycles. The standard InChI is InChI=1S/C16H18ClN3O3S2/c17-15-9-13(20-7-1-2-8-25(20,22)23)3-4-14(15)16(21)18-6-5-12-10-24-11-19-12/h3-4,9-11H,1-2,5-8H2,(H,18,21). The van der Waals surface area contributed by atoms with E-state index in [1.54, 1.807) is 23.7 Å². The lowest BCUT2D eigenvalue weighted by Gasteiger charge is -2.28. The minimum absolute atomic E-state index is 0.142. The lowest BCUT2D eigenvalue weighted by atomic mass is 10.2. The normalized spacial score (nSPS) is 16.6. The van der Waals surface area contributed by atoms with Crippen LogP contribution in [0.25, 0.3) is 0 Å². The molecule has 1 aromatic carbocycles. The molecule has 2 heterocycles. The van der Waals surface area contributed by atoms with Crippen LogP contribution >= 0.6 is 22.9 Å². The first-order valence-electron chi connectivity index (χ1n) is 7.92. The molecular weight excluding hydrogens is 382 g/mol. The average molecular weight is 400 g/mol. The number of carbonyl (C=O) groups is 1. The van der Waals surface area contributed by atoms with Gasteiger partial charge in [-0.25, -0.2) is 13.4 Å². The number of sulfonamides is 1. The van der Waals surface area contributed by atoms with E-state index in [-0.39, 0.29) is 16.7 Å². The number of thiazole rings is 1. The van der Waals surface area contributed by atoms with Crippen LogP contribution in [0.2, 0.25) is 5.02 Å². The Morgan fingerprint density at radius 3 is 2.88 bits per heavy atom. The molecule has 1 aliphatic rings. The van der Waals surface area contributed by atoms with Crippen LogP contribution in [0, 0.1) is 0 Å². The van der Waals surface area contributed by atoms with E-state index >= 15 is 0 Å². The molecule has 0 aliphatic carbocycles. The largest absolute Gasteiger partial charge is 0.352 e. The van der Waals surface area contributed by atoms with E-state index in [0.717, 1.165) is 12.1 Å². The molecule has 25 heavy (non-hydrogen) atoms. The monoisotopic (exact) mass is 399 g/mol. The molecule has 1 saturated heterocycles. The van der Waals surface area contributed by atoms with Crippen molar-refractivity contribution in [3.8, 4) is 0 Å². The van der Waals surface area contributed by atoms with Crippen LogP contribution in [0.4, 0.5) is 5.69 Å². The maximum atomic E-state index is 12.3. The smallest absolute Gasteiger partial charge is 0.252 e. The van der Waals surface area contributed by atoms with Crippen LogP contribution in [0.5, 0.6) is 0 Å². The summed E-state index contributed by atoms with van der Waals surface area (Å²) in [5.41, 5.74) is 3.52. The topological polar surface area (TPSA) is 79.4 Å². The van der Waals surface area contributed by atoms with Gasteiger partial charge < -0.3 is 5.32 Å². The summed E-state index contributed by atoms with van der Waals surface area (Å²) in [5, 5.41) is 4.98. The summed E-state index contributed by atoms with van der Waals surface area (Å²) < 4.78 is 25.7. The Morgan fingerprint density at radius 2 is 2.20 bits per heavy atom. The van der Waals surface area contributed by atoms with Crippen molar-refractivity contribution in [2.24, 2.45) is 0 Å². The highest BCUT2D eigenvalue weighted by Crippen LogP contribution is 2.28. The van der Waals surface area contributed by atoms with Gasteiger partial charge >= 0.3 is 0 Å². The van der Waals surface area contributed by atoms with Crippen molar-refractivity contribution in [1.29, 1.82) is 0 Å². The van der Waals surface area contributed by atoms with Crippen molar-refractivity contribution < 1.29 is 13.2 Å². The summed E-state index contributed by atoms with van der Waals surface area (Å²) >= 11 is 7.74. The van der Waals surface area contributed by atoms with Gasteiger partial charge in [-0.1, -0.05) is 11.6 Å². The number of anilines is 1. The quantitative estimate of drug-likeness (QED) is 0.838. The molecule has 0 atom stereocenters. The van der Waals surface area contributed by atoms with E-state index in [9.17, 15) is 13.2 Å². The fourth-order valence-corrected chi connectivity index (χ4v) is 5.17. The van der Waals surface area contributed by atoms with E-state index in [1.807, 2.05) is 5.38 Å². The van der Waals surface area contributed by atoms with E-state index in [0.29, 0.717) is 37.2 Å². The number of halogens is 1. The predicted octanol–water partition coefficient (Wildman–Crippen LogP) is 2.70. The van der Waals surface area contributed by atoms with Crippen molar-refractivity contribution >= 4 is 44.6 Å². The molecule has 0 radical (unpaired) electrons. The Labute approximate surface area is 155 Å². The number of nitrogens with one attached hydrogen (secondary N) is 1. The van der Waals surface area contributed by atoms with E-state index in [2.05, 4.69) is 10.3 Å². The van der Waals surface area contributed by atoms with Gasteiger partial charge in [0.2, 0.25) is 10.0 Å². The van der Waals surface area contributed by atoms with Crippen LogP contribution in [0.15, 0.2) is 29.1 Å². The van der Waals surface area contributed by atoms with Crippen molar-refractivity contribution in [1.82, 2.24) is 10.3 Å². The molecule has 2 aromatic rings. The van der Waals surface area contributed by atoms with E-state index < -0.39 is 10.0 Å². The molecule has 1 aromatic heterocycles. The Kier molecular flexibility index (Phi) is 5.61. The van der Waals surface area contributed by atoms with Gasteiger partial charge in [-0.2, -0.15) is 0 Å². The molecule has 1 fully saturated rings. The fourth-order valence-electron chi connectivity index (χ4n) is 2.68. The van der Waals surface area contributed by atoms with Gasteiger partial charge in [0.25, 0.3) is 5.91 Å². The number of carbonyl (C=O) groups excluding carboxylic acids is 1. The first-order valence-corrected chi connectivity index (χ1v) is 10.9. The molecule has 1 aliphatic heterocycles. The minimum atomic E-state index is -3.30. The molecule has 6 nitrogen and oxygen atoms in total. The lowest BCUT2D eigenvalue weighted by molar-refractivity contribution is 0.0954. The highest BCUT2D eigenvalue weighted by molar-refractivity contribution is 7.92. The molecule has 0 spiro atoms. The third-order valence-electron chi connectivity index (χ3n) is 3.98. The third kappa shape index (κ3) is 4.31. The Balaban J connectivity index is 1.67. The van der Waals surface area contributed by atoms with Gasteiger partial charge in [0.15, 0.2) is 0 Å². The second kappa shape index (κ2) is 7.72. The van der Waals surface area contributed by atoms with Gasteiger partial charge in [-0.3, -0.25) is 9.10 Å². The molecular formula is C16H18ClN3O3S2. The first-order chi connectivity index (χ1) is 12.0. The molecule has 3 rings (SSSR count). The van der Waals surface area contributed by atoms with Crippen LogP contribution in [0.3, 0.4) is 0 Å². The van der Waals surface area contributed by atoms with Gasteiger partial charge in [-0.15, -0.1) is 11.3 Å². The minimum Gasteiger partial charge on any atom is -0.352 e. The zero-order valence-electron chi connectivity index (χ0n) is 13.4. The summed E-state index contributed by atoms with van der Waals surface area (Å²) in [4.78, 5) is 16.4. The molecule has 9 heteroatoms. The number of benzene rings is 1. The van der Waals surface area contributed by atoms with Crippen LogP contribution in [-0.2, 0) is 16.4 Å². The Hall–Kier alpha value is -1.64. The second-order valence-corrected chi connectivity index (χ2v) is 8.88. The number of amides is 1. The summed E-state index contributed by atoms with van der Waals surface area (Å²) in [5.74, 6) is -0.142. The summed E-state index contributed by atoms with van der Waals surface area (Å²) in [6, 6.07) is 4.74. The highest BCUT2D eigenvalue weighted by Gasteiger charge is 2.26. The van der Waals surface area contributed by atoms with Crippen LogP contribution in [-0.4, -0.2) is 38.2 Å². The molecule has 134 valence electrons. The van der Waals surface area contributed by atoms with Gasteiger partial charge in [0.1, 0.15) is 0 Å². The zero-order chi connectivity index (χ0) is 17.9. The number of hydrogen-bond acceptors (Lipinski definition) is 5. The maximum absolute atomic E-state index is 12.3. The van der Waals surface area contributed by atoms with E-state index in [4.69, 9.17) is 11.6 Å². The van der Waals surface area contributed by atoms with Crippen LogP contribution in [0.1, 0.15) is 28.9 Å². The summed E-state index contributed by atoms with van der Waals surface area (Å²) in [7, 11) is -3.30. The second-order valence-electron chi connectivity index (χ2n) is 5.75. The highest BCUT2D eigenvalue weighted by atomic mass is 35.5. The zero-order valence-corrected chi connectivity index (χ0v) is 15.8. The molecule has 0 unspecified atom stereocenters. The maximum Gasteiger partial charge on any atom is 0.252 e. The predicted molar refractivity (Wildman–Crippen MR) is 100.0 cm³/mol. The summed E-state index contributed by atoms with van der Waals surface area (Å²) in [6.45, 7) is 0.902. The van der Waals surface area contributed by atoms with Gasteiger partial charge in [-0.05, 0) is 31.0 Å². The van der Waals surface area contributed by atoms with Crippen molar-refractivity contribution in [2.75, 3.05) is 23.1 Å². The van der Waals surface area contributed by atoms with E-state index in [1.165, 1.54) is 15.6 Å². The number of hydrogen-bond donors (Lipinski definition) is 1. The number of rotatable bonds is 5. The Bertz CT molecular complexity index is 854. The third-order valence-corrected chi connectivity index (χ3v) is 6.80.